The van der Waals surface area contributed by atoms with Crippen LogP contribution in [-0.2, 0) is 37.1 Å². The van der Waals surface area contributed by atoms with Crippen LogP contribution in [0.1, 0.15) is 23.2 Å². The molecule has 6 rings (SSSR count). The molecule has 1 saturated heterocycles. The molecule has 0 spiro atoms. The lowest BCUT2D eigenvalue weighted by Gasteiger charge is -2.49. The van der Waals surface area contributed by atoms with Crippen LogP contribution in [0, 0.1) is 17.1 Å². The summed E-state index contributed by atoms with van der Waals surface area (Å²) in [5.74, 6) is -5.10. The van der Waals surface area contributed by atoms with E-state index in [4.69, 9.17) is 26.8 Å². The molecule has 2 aliphatic rings. The van der Waals surface area contributed by atoms with Crippen LogP contribution in [0.3, 0.4) is 0 Å². The zero-order valence-electron chi connectivity index (χ0n) is 24.8. The second-order valence-corrected chi connectivity index (χ2v) is 12.8. The van der Waals surface area contributed by atoms with Gasteiger partial charge in [-0.05, 0) is 11.6 Å². The van der Waals surface area contributed by atoms with Crippen LogP contribution in [0.25, 0.3) is 5.65 Å². The predicted molar refractivity (Wildman–Crippen MR) is 170 cm³/mol. The zero-order chi connectivity index (χ0) is 34.3. The van der Waals surface area contributed by atoms with E-state index in [1.165, 1.54) is 28.1 Å². The average molecular weight is 697 g/mol. The van der Waals surface area contributed by atoms with Gasteiger partial charge in [0.1, 0.15) is 35.8 Å². The molecule has 248 valence electrons. The van der Waals surface area contributed by atoms with Gasteiger partial charge in [-0.25, -0.2) is 28.2 Å². The number of β-lactam (4-membered cyclic amide) rings is 1. The first-order valence-electron chi connectivity index (χ1n) is 14.2. The molecule has 2 atom stereocenters. The number of hydrogen-bond acceptors (Lipinski definition) is 11. The molecular weight excluding hydrogens is 670 g/mol. The number of thiazole rings is 1. The number of ketones is 1. The first-order chi connectivity index (χ1) is 22.9. The van der Waals surface area contributed by atoms with E-state index in [9.17, 15) is 28.7 Å². The number of halogens is 1. The molecular formula is C29H27FN9O7S2+. The number of rotatable bonds is 13. The van der Waals surface area contributed by atoms with Crippen LogP contribution in [0.4, 0.5) is 9.52 Å². The molecule has 19 heteroatoms. The molecule has 1 amide bonds. The van der Waals surface area contributed by atoms with Gasteiger partial charge in [0.25, 0.3) is 0 Å². The van der Waals surface area contributed by atoms with Crippen molar-refractivity contribution < 1.29 is 43.2 Å². The third-order valence-electron chi connectivity index (χ3n) is 7.78. The fourth-order valence-corrected chi connectivity index (χ4v) is 7.50. The normalized spacial score (nSPS) is 17.7. The maximum atomic E-state index is 14.7. The summed E-state index contributed by atoms with van der Waals surface area (Å²) in [5, 5.41) is 31.2. The Kier molecular flexibility index (Phi) is 8.71. The highest BCUT2D eigenvalue weighted by Crippen LogP contribution is 2.45. The number of fused-ring (bicyclic) bond motifs is 2. The van der Waals surface area contributed by atoms with Crippen molar-refractivity contribution in [1.82, 2.24) is 19.1 Å². The Hall–Kier alpha value is -5.56. The summed E-state index contributed by atoms with van der Waals surface area (Å²) in [6, 6.07) is 6.15. The van der Waals surface area contributed by atoms with Crippen molar-refractivity contribution in [2.24, 2.45) is 16.8 Å². The van der Waals surface area contributed by atoms with Crippen LogP contribution >= 0.6 is 23.1 Å². The number of imidazole rings is 1. The van der Waals surface area contributed by atoms with Crippen LogP contribution in [0.15, 0.2) is 64.7 Å². The highest BCUT2D eigenvalue weighted by atomic mass is 32.2. The maximum Gasteiger partial charge on any atom is 0.352 e. The van der Waals surface area contributed by atoms with Gasteiger partial charge in [0, 0.05) is 28.7 Å². The Morgan fingerprint density at radius 1 is 1.23 bits per heavy atom. The van der Waals surface area contributed by atoms with Gasteiger partial charge in [0.05, 0.1) is 30.1 Å². The number of nitrogens with one attached hydrogen (secondary N) is 1. The van der Waals surface area contributed by atoms with Gasteiger partial charge >= 0.3 is 17.6 Å². The van der Waals surface area contributed by atoms with Crippen LogP contribution < -0.4 is 16.0 Å². The Balaban J connectivity index is 1.19. The number of nitrogen functional groups attached to an aromatic ring is 2. The molecule has 0 saturated carbocycles. The standard InChI is InChI=1S/C29H26FN9O7S2/c30-18-7-14(25(31)32)1-2-15(18)9-36-5-6-38-21(36)3-4-37(38)10-16-12-47-27-17(26(43)39(27)24(16)28(44)45)8-20(40)23(35-46-11-22(41)42)19-13-48-29(33)34-19/h1-7,13,17,27H,8-12H2,(H6-,31,32,33,34,41,42,44,45)/p+1/b35-23-/t17-,27-/m1/s1. The highest BCUT2D eigenvalue weighted by molar-refractivity contribution is 8.00. The van der Waals surface area contributed by atoms with Crippen molar-refractivity contribution in [3.63, 3.8) is 0 Å². The molecule has 4 aromatic rings. The number of oxime groups is 1. The van der Waals surface area contributed by atoms with E-state index in [-0.39, 0.29) is 58.9 Å². The summed E-state index contributed by atoms with van der Waals surface area (Å²) in [7, 11) is 0. The van der Waals surface area contributed by atoms with Crippen LogP contribution in [0.2, 0.25) is 0 Å². The van der Waals surface area contributed by atoms with Crippen molar-refractivity contribution in [3.8, 4) is 0 Å². The van der Waals surface area contributed by atoms with E-state index < -0.39 is 47.3 Å². The van der Waals surface area contributed by atoms with Crippen LogP contribution in [-0.4, -0.2) is 82.2 Å². The number of carbonyl (C=O) groups excluding carboxylic acids is 2. The summed E-state index contributed by atoms with van der Waals surface area (Å²) < 4.78 is 20.1. The number of thioether (sulfide) groups is 1. The molecule has 0 unspecified atom stereocenters. The average Bonchev–Trinajstić information content (AvgIpc) is 3.76. The fourth-order valence-electron chi connectivity index (χ4n) is 5.55. The number of amidine groups is 1. The molecule has 3 aromatic heterocycles. The number of benzene rings is 1. The van der Waals surface area contributed by atoms with Gasteiger partial charge in [0.15, 0.2) is 22.8 Å². The first-order valence-corrected chi connectivity index (χ1v) is 16.1. The van der Waals surface area contributed by atoms with E-state index in [1.807, 2.05) is 4.57 Å². The van der Waals surface area contributed by atoms with Crippen LogP contribution in [0.5, 0.6) is 0 Å². The molecule has 5 heterocycles. The Labute approximate surface area is 278 Å². The molecule has 1 aromatic carbocycles. The Morgan fingerprint density at radius 2 is 2.02 bits per heavy atom. The maximum absolute atomic E-state index is 14.7. The molecule has 16 nitrogen and oxygen atoms in total. The molecule has 7 N–H and O–H groups in total. The van der Waals surface area contributed by atoms with E-state index in [0.717, 1.165) is 11.3 Å². The quantitative estimate of drug-likeness (QED) is 0.0432. The topological polar surface area (TPSA) is 236 Å². The van der Waals surface area contributed by atoms with Gasteiger partial charge in [-0.1, -0.05) is 17.3 Å². The largest absolute Gasteiger partial charge is 0.479 e. The van der Waals surface area contributed by atoms with E-state index in [2.05, 4.69) is 10.1 Å². The molecule has 0 aliphatic carbocycles. The monoisotopic (exact) mass is 696 g/mol. The minimum Gasteiger partial charge on any atom is -0.479 e. The first kappa shape index (κ1) is 32.4. The number of nitrogens with two attached hydrogens (primary N) is 2. The number of anilines is 1. The Bertz CT molecular complexity index is 2070. The van der Waals surface area contributed by atoms with Crippen molar-refractivity contribution in [1.29, 1.82) is 5.41 Å². The van der Waals surface area contributed by atoms with Gasteiger partial charge in [-0.3, -0.25) is 19.9 Å². The smallest absolute Gasteiger partial charge is 0.352 e. The second-order valence-electron chi connectivity index (χ2n) is 10.8. The predicted octanol–water partition coefficient (Wildman–Crippen LogP) is 0.873. The minimum absolute atomic E-state index is 0.0709. The summed E-state index contributed by atoms with van der Waals surface area (Å²) in [4.78, 5) is 59.9. The number of Topliss-reactive ketones (excluding diaryl/α,β-unsaturated/α-hetero) is 1. The van der Waals surface area contributed by atoms with Gasteiger partial charge in [-0.15, -0.1) is 27.6 Å². The number of carbonyl (C=O) groups is 4. The highest BCUT2D eigenvalue weighted by Gasteiger charge is 2.54. The molecule has 0 bridgehead atoms. The Morgan fingerprint density at radius 3 is 2.69 bits per heavy atom. The van der Waals surface area contributed by atoms with Gasteiger partial charge in [0.2, 0.25) is 12.5 Å². The SMILES string of the molecule is N=C(N)c1ccc(C[n+]2ccn3c2ccn3CC2=C(C(=O)O)N3C(=O)[C@@H](CC(=O)/C(=N\OCC(=O)O)c4csc(N)n4)[C@H]3SC2)c(F)c1. The number of carboxylic acid groups (broad SMARTS) is 2. The summed E-state index contributed by atoms with van der Waals surface area (Å²) in [6.45, 7) is -0.467. The summed E-state index contributed by atoms with van der Waals surface area (Å²) in [5.41, 5.74) is 12.6. The fraction of sp³-hybridized carbons (Fsp3) is 0.241. The molecule has 48 heavy (non-hydrogen) atoms. The molecule has 0 radical (unpaired) electrons. The van der Waals surface area contributed by atoms with E-state index in [0.29, 0.717) is 16.8 Å². The number of aromatic nitrogens is 4. The number of hydrogen-bond donors (Lipinski definition) is 5. The number of nitrogens with zero attached hydrogens (tertiary/aromatic N) is 6. The van der Waals surface area contributed by atoms with Crippen molar-refractivity contribution in [3.05, 3.63) is 82.1 Å². The number of carboxylic acids is 2. The van der Waals surface area contributed by atoms with Crippen molar-refractivity contribution in [2.45, 2.75) is 24.9 Å². The third-order valence-corrected chi connectivity index (χ3v) is 9.85. The van der Waals surface area contributed by atoms with Crippen molar-refractivity contribution >= 4 is 69.1 Å². The molecule has 2 aliphatic heterocycles. The second kappa shape index (κ2) is 12.9. The van der Waals surface area contributed by atoms with E-state index >= 15 is 0 Å². The zero-order valence-corrected chi connectivity index (χ0v) is 26.4. The molecule has 1 fully saturated rings. The lowest BCUT2D eigenvalue weighted by Crippen LogP contribution is -2.62. The number of aliphatic carboxylic acids is 2. The van der Waals surface area contributed by atoms with Gasteiger partial charge < -0.3 is 26.5 Å². The summed E-state index contributed by atoms with van der Waals surface area (Å²) >= 11 is 2.36. The minimum atomic E-state index is -1.31. The van der Waals surface area contributed by atoms with Gasteiger partial charge in [-0.2, -0.15) is 0 Å². The van der Waals surface area contributed by atoms with E-state index in [1.54, 1.807) is 46.0 Å². The third kappa shape index (κ3) is 6.11. The lowest BCUT2D eigenvalue weighted by atomic mass is 9.89. The summed E-state index contributed by atoms with van der Waals surface area (Å²) in [6.07, 6.45) is 4.93. The van der Waals surface area contributed by atoms with Crippen molar-refractivity contribution in [2.75, 3.05) is 18.1 Å². The lowest BCUT2D eigenvalue weighted by molar-refractivity contribution is -0.662. The number of amides is 1.